The van der Waals surface area contributed by atoms with Crippen molar-refractivity contribution in [2.75, 3.05) is 7.11 Å². The van der Waals surface area contributed by atoms with Crippen LogP contribution in [0.3, 0.4) is 0 Å². The molecule has 3 rings (SSSR count). The smallest absolute Gasteiger partial charge is 0.169 e. The van der Waals surface area contributed by atoms with Crippen LogP contribution in [0.25, 0.3) is 11.1 Å². The first-order valence-electron chi connectivity index (χ1n) is 7.86. The van der Waals surface area contributed by atoms with Crippen molar-refractivity contribution in [3.8, 4) is 22.6 Å². The van der Waals surface area contributed by atoms with Crippen molar-refractivity contribution in [2.24, 2.45) is 0 Å². The first-order valence-corrected chi connectivity index (χ1v) is 7.86. The van der Waals surface area contributed by atoms with E-state index in [0.717, 1.165) is 41.0 Å². The Hall–Kier alpha value is -2.00. The van der Waals surface area contributed by atoms with Crippen molar-refractivity contribution in [3.63, 3.8) is 0 Å². The molecule has 3 nitrogen and oxygen atoms in total. The van der Waals surface area contributed by atoms with E-state index in [4.69, 9.17) is 9.47 Å². The minimum Gasteiger partial charge on any atom is -0.493 e. The molecule has 1 fully saturated rings. The van der Waals surface area contributed by atoms with Gasteiger partial charge >= 0.3 is 0 Å². The molecule has 116 valence electrons. The highest BCUT2D eigenvalue weighted by atomic mass is 16.5. The number of methoxy groups -OCH3 is 1. The molecule has 3 heteroatoms. The van der Waals surface area contributed by atoms with Crippen LogP contribution >= 0.6 is 0 Å². The number of aliphatic hydroxyl groups is 1. The molecular weight excluding hydrogens is 276 g/mol. The van der Waals surface area contributed by atoms with E-state index in [1.54, 1.807) is 7.11 Å². The van der Waals surface area contributed by atoms with E-state index in [9.17, 15) is 5.11 Å². The highest BCUT2D eigenvalue weighted by Crippen LogP contribution is 2.42. The fraction of sp³-hybridized carbons (Fsp3) is 0.368. The summed E-state index contributed by atoms with van der Waals surface area (Å²) in [6.07, 6.45) is 4.84. The topological polar surface area (TPSA) is 38.7 Å². The minimum atomic E-state index is -0.0186. The molecule has 22 heavy (non-hydrogen) atoms. The van der Waals surface area contributed by atoms with Gasteiger partial charge in [-0.2, -0.15) is 0 Å². The summed E-state index contributed by atoms with van der Waals surface area (Å²) < 4.78 is 11.8. The van der Waals surface area contributed by atoms with Crippen LogP contribution in [0.5, 0.6) is 11.5 Å². The molecule has 2 aromatic rings. The van der Waals surface area contributed by atoms with Crippen LogP contribution in [-0.2, 0) is 6.61 Å². The van der Waals surface area contributed by atoms with Gasteiger partial charge in [0.25, 0.3) is 0 Å². The van der Waals surface area contributed by atoms with Gasteiger partial charge in [0.15, 0.2) is 11.5 Å². The third kappa shape index (κ3) is 2.95. The molecule has 0 atom stereocenters. The van der Waals surface area contributed by atoms with Crippen LogP contribution in [0.4, 0.5) is 0 Å². The summed E-state index contributed by atoms with van der Waals surface area (Å²) in [5.41, 5.74) is 2.84. The molecule has 1 N–H and O–H groups in total. The van der Waals surface area contributed by atoms with Gasteiger partial charge in [-0.05, 0) is 42.9 Å². The molecule has 2 aromatic carbocycles. The standard InChI is InChI=1S/C19H22O3/c1-21-17-12-11-15(13-20)18(14-7-3-2-4-8-14)19(17)22-16-9-5-6-10-16/h2-4,7-8,11-12,16,20H,5-6,9-10,13H2,1H3. The van der Waals surface area contributed by atoms with Gasteiger partial charge in [0.1, 0.15) is 0 Å². The Balaban J connectivity index is 2.10. The van der Waals surface area contributed by atoms with Gasteiger partial charge in [0, 0.05) is 5.56 Å². The van der Waals surface area contributed by atoms with Crippen LogP contribution in [0.15, 0.2) is 42.5 Å². The number of hydrogen-bond acceptors (Lipinski definition) is 3. The Labute approximate surface area is 131 Å². The van der Waals surface area contributed by atoms with E-state index in [2.05, 4.69) is 0 Å². The van der Waals surface area contributed by atoms with Crippen molar-refractivity contribution in [2.45, 2.75) is 38.4 Å². The van der Waals surface area contributed by atoms with Crippen LogP contribution in [0, 0.1) is 0 Å². The molecule has 0 aliphatic heterocycles. The lowest BCUT2D eigenvalue weighted by molar-refractivity contribution is 0.201. The van der Waals surface area contributed by atoms with Gasteiger partial charge in [-0.3, -0.25) is 0 Å². The summed E-state index contributed by atoms with van der Waals surface area (Å²) in [7, 11) is 1.66. The predicted molar refractivity (Wildman–Crippen MR) is 87.2 cm³/mol. The van der Waals surface area contributed by atoms with E-state index >= 15 is 0 Å². The molecule has 1 saturated carbocycles. The monoisotopic (exact) mass is 298 g/mol. The normalized spacial score (nSPS) is 15.0. The summed E-state index contributed by atoms with van der Waals surface area (Å²) in [6.45, 7) is -0.0186. The molecule has 0 heterocycles. The molecule has 0 aromatic heterocycles. The fourth-order valence-corrected chi connectivity index (χ4v) is 3.11. The molecule has 0 spiro atoms. The highest BCUT2D eigenvalue weighted by molar-refractivity contribution is 5.77. The second kappa shape index (κ2) is 6.84. The zero-order valence-electron chi connectivity index (χ0n) is 12.9. The first-order chi connectivity index (χ1) is 10.8. The molecule has 0 saturated heterocycles. The summed E-state index contributed by atoms with van der Waals surface area (Å²) in [5.74, 6) is 1.48. The molecule has 0 radical (unpaired) electrons. The maximum Gasteiger partial charge on any atom is 0.169 e. The molecule has 0 amide bonds. The summed E-state index contributed by atoms with van der Waals surface area (Å²) in [6, 6.07) is 13.8. The predicted octanol–water partition coefficient (Wildman–Crippen LogP) is 4.18. The van der Waals surface area contributed by atoms with E-state index in [-0.39, 0.29) is 12.7 Å². The van der Waals surface area contributed by atoms with Gasteiger partial charge < -0.3 is 14.6 Å². The molecule has 1 aliphatic rings. The Morgan fingerprint density at radius 2 is 1.77 bits per heavy atom. The van der Waals surface area contributed by atoms with Crippen molar-refractivity contribution >= 4 is 0 Å². The Kier molecular flexibility index (Phi) is 4.64. The van der Waals surface area contributed by atoms with Crippen LogP contribution < -0.4 is 9.47 Å². The van der Waals surface area contributed by atoms with E-state index < -0.39 is 0 Å². The Morgan fingerprint density at radius 1 is 1.05 bits per heavy atom. The molecule has 0 unspecified atom stereocenters. The number of rotatable bonds is 5. The quantitative estimate of drug-likeness (QED) is 0.900. The summed E-state index contributed by atoms with van der Waals surface area (Å²) in [5, 5.41) is 9.73. The zero-order valence-corrected chi connectivity index (χ0v) is 12.9. The molecular formula is C19H22O3. The van der Waals surface area contributed by atoms with E-state index in [1.165, 1.54) is 12.8 Å². The second-order valence-corrected chi connectivity index (χ2v) is 5.68. The van der Waals surface area contributed by atoms with Crippen LogP contribution in [0.1, 0.15) is 31.2 Å². The minimum absolute atomic E-state index is 0.0186. The van der Waals surface area contributed by atoms with Crippen LogP contribution in [-0.4, -0.2) is 18.3 Å². The maximum atomic E-state index is 9.73. The van der Waals surface area contributed by atoms with Crippen molar-refractivity contribution in [3.05, 3.63) is 48.0 Å². The zero-order chi connectivity index (χ0) is 15.4. The van der Waals surface area contributed by atoms with Crippen LogP contribution in [0.2, 0.25) is 0 Å². The van der Waals surface area contributed by atoms with Gasteiger partial charge in [-0.15, -0.1) is 0 Å². The van der Waals surface area contributed by atoms with Gasteiger partial charge in [0.2, 0.25) is 0 Å². The summed E-state index contributed by atoms with van der Waals surface area (Å²) in [4.78, 5) is 0. The lowest BCUT2D eigenvalue weighted by atomic mass is 9.98. The SMILES string of the molecule is COc1ccc(CO)c(-c2ccccc2)c1OC1CCCC1. The third-order valence-electron chi connectivity index (χ3n) is 4.25. The van der Waals surface area contributed by atoms with E-state index in [0.29, 0.717) is 0 Å². The number of ether oxygens (including phenoxy) is 2. The largest absolute Gasteiger partial charge is 0.493 e. The first kappa shape index (κ1) is 14.9. The van der Waals surface area contributed by atoms with Gasteiger partial charge in [-0.1, -0.05) is 36.4 Å². The lowest BCUT2D eigenvalue weighted by Gasteiger charge is -2.21. The second-order valence-electron chi connectivity index (χ2n) is 5.68. The van der Waals surface area contributed by atoms with Crippen molar-refractivity contribution in [1.29, 1.82) is 0 Å². The highest BCUT2D eigenvalue weighted by Gasteiger charge is 2.23. The third-order valence-corrected chi connectivity index (χ3v) is 4.25. The number of hydrogen-bond donors (Lipinski definition) is 1. The van der Waals surface area contributed by atoms with Crippen molar-refractivity contribution < 1.29 is 14.6 Å². The number of aliphatic hydroxyl groups excluding tert-OH is 1. The van der Waals surface area contributed by atoms with Gasteiger partial charge in [0.05, 0.1) is 19.8 Å². The average Bonchev–Trinajstić information content (AvgIpc) is 3.08. The fourth-order valence-electron chi connectivity index (χ4n) is 3.11. The lowest BCUT2D eigenvalue weighted by Crippen LogP contribution is -2.13. The summed E-state index contributed by atoms with van der Waals surface area (Å²) >= 11 is 0. The van der Waals surface area contributed by atoms with Gasteiger partial charge in [-0.25, -0.2) is 0 Å². The Morgan fingerprint density at radius 3 is 2.41 bits per heavy atom. The average molecular weight is 298 g/mol. The number of benzene rings is 2. The molecule has 0 bridgehead atoms. The Bertz CT molecular complexity index is 616. The van der Waals surface area contributed by atoms with Crippen molar-refractivity contribution in [1.82, 2.24) is 0 Å². The van der Waals surface area contributed by atoms with E-state index in [1.807, 2.05) is 42.5 Å². The maximum absolute atomic E-state index is 9.73. The molecule has 1 aliphatic carbocycles.